The first-order valence-electron chi connectivity index (χ1n) is 3.02. The first-order valence-corrected chi connectivity index (χ1v) is 3.02. The van der Waals surface area contributed by atoms with Crippen LogP contribution in [0.2, 0.25) is 0 Å². The van der Waals surface area contributed by atoms with Crippen LogP contribution in [0.25, 0.3) is 0 Å². The molecule has 0 aromatic heterocycles. The van der Waals surface area contributed by atoms with Crippen LogP contribution in [-0.2, 0) is 4.79 Å². The fraction of sp³-hybridized carbons (Fsp3) is 0.667. The molecule has 1 aliphatic carbocycles. The van der Waals surface area contributed by atoms with Crippen molar-refractivity contribution in [3.8, 4) is 0 Å². The first-order chi connectivity index (χ1) is 4.22. The monoisotopic (exact) mass is 127 g/mol. The average Bonchev–Trinajstić information content (AvgIpc) is 2.13. The third kappa shape index (κ3) is 1.09. The van der Waals surface area contributed by atoms with E-state index in [-0.39, 0.29) is 0 Å². The van der Waals surface area contributed by atoms with Gasteiger partial charge in [0, 0.05) is 5.71 Å². The summed E-state index contributed by atoms with van der Waals surface area (Å²) in [5.41, 5.74) is 0.391. The molecule has 2 N–H and O–H groups in total. The molecule has 1 atom stereocenters. The van der Waals surface area contributed by atoms with Gasteiger partial charge < -0.3 is 10.5 Å². The highest BCUT2D eigenvalue weighted by atomic mass is 16.4. The Kier molecular flexibility index (Phi) is 1.51. The Balaban J connectivity index is 2.60. The highest BCUT2D eigenvalue weighted by Gasteiger charge is 2.26. The summed E-state index contributed by atoms with van der Waals surface area (Å²) in [6.45, 7) is 0. The quantitative estimate of drug-likeness (QED) is 0.549. The summed E-state index contributed by atoms with van der Waals surface area (Å²) in [4.78, 5) is 10.3. The van der Waals surface area contributed by atoms with E-state index in [1.165, 1.54) is 0 Å². The zero-order valence-electron chi connectivity index (χ0n) is 5.05. The summed E-state index contributed by atoms with van der Waals surface area (Å²) in [6, 6.07) is 0. The summed E-state index contributed by atoms with van der Waals surface area (Å²) in [5.74, 6) is -1.30. The number of carboxylic acid groups (broad SMARTS) is 1. The van der Waals surface area contributed by atoms with Crippen LogP contribution in [0.15, 0.2) is 0 Å². The van der Waals surface area contributed by atoms with E-state index in [9.17, 15) is 4.79 Å². The zero-order chi connectivity index (χ0) is 6.85. The number of rotatable bonds is 1. The topological polar surface area (TPSA) is 61.2 Å². The molecule has 0 bridgehead atoms. The van der Waals surface area contributed by atoms with Crippen LogP contribution in [0.5, 0.6) is 0 Å². The lowest BCUT2D eigenvalue weighted by Crippen LogP contribution is -2.16. The van der Waals surface area contributed by atoms with Crippen molar-refractivity contribution < 1.29 is 9.90 Å². The molecule has 0 amide bonds. The zero-order valence-corrected chi connectivity index (χ0v) is 5.05. The van der Waals surface area contributed by atoms with Gasteiger partial charge in [0.15, 0.2) is 0 Å². The standard InChI is InChI=1S/C6H9NO2/c7-5-3-1-2-4(5)6(8)9/h4,7H,1-3H2,(H,8,9). The van der Waals surface area contributed by atoms with Gasteiger partial charge in [-0.15, -0.1) is 0 Å². The molecule has 9 heavy (non-hydrogen) atoms. The summed E-state index contributed by atoms with van der Waals surface area (Å²) >= 11 is 0. The van der Waals surface area contributed by atoms with Crippen molar-refractivity contribution in [3.05, 3.63) is 0 Å². The Morgan fingerprint density at radius 1 is 1.78 bits per heavy atom. The van der Waals surface area contributed by atoms with Crippen molar-refractivity contribution in [1.29, 1.82) is 5.41 Å². The molecular formula is C6H9NO2. The van der Waals surface area contributed by atoms with Crippen molar-refractivity contribution in [3.63, 3.8) is 0 Å². The average molecular weight is 127 g/mol. The fourth-order valence-electron chi connectivity index (χ4n) is 1.12. The van der Waals surface area contributed by atoms with Gasteiger partial charge in [0.1, 0.15) is 0 Å². The van der Waals surface area contributed by atoms with Gasteiger partial charge >= 0.3 is 5.97 Å². The van der Waals surface area contributed by atoms with Crippen molar-refractivity contribution in [2.24, 2.45) is 5.92 Å². The molecule has 0 saturated heterocycles. The van der Waals surface area contributed by atoms with Gasteiger partial charge in [-0.25, -0.2) is 0 Å². The van der Waals surface area contributed by atoms with Crippen LogP contribution in [-0.4, -0.2) is 16.8 Å². The Morgan fingerprint density at radius 3 is 2.67 bits per heavy atom. The molecule has 1 rings (SSSR count). The molecule has 1 saturated carbocycles. The van der Waals surface area contributed by atoms with Crippen molar-refractivity contribution >= 4 is 11.7 Å². The highest BCUT2D eigenvalue weighted by Crippen LogP contribution is 2.21. The number of hydrogen-bond acceptors (Lipinski definition) is 2. The van der Waals surface area contributed by atoms with Crippen LogP contribution >= 0.6 is 0 Å². The van der Waals surface area contributed by atoms with E-state index in [2.05, 4.69) is 0 Å². The third-order valence-corrected chi connectivity index (χ3v) is 1.66. The minimum atomic E-state index is -0.836. The van der Waals surface area contributed by atoms with Gasteiger partial charge in [-0.3, -0.25) is 4.79 Å². The van der Waals surface area contributed by atoms with Crippen molar-refractivity contribution in [1.82, 2.24) is 0 Å². The van der Waals surface area contributed by atoms with E-state index in [0.29, 0.717) is 18.6 Å². The van der Waals surface area contributed by atoms with Crippen molar-refractivity contribution in [2.45, 2.75) is 19.3 Å². The maximum Gasteiger partial charge on any atom is 0.312 e. The molecular weight excluding hydrogens is 118 g/mol. The molecule has 50 valence electrons. The molecule has 0 radical (unpaired) electrons. The van der Waals surface area contributed by atoms with Gasteiger partial charge in [-0.1, -0.05) is 0 Å². The van der Waals surface area contributed by atoms with Crippen LogP contribution < -0.4 is 0 Å². The second-order valence-electron chi connectivity index (χ2n) is 2.31. The Labute approximate surface area is 53.2 Å². The lowest BCUT2D eigenvalue weighted by atomic mass is 10.1. The molecule has 3 nitrogen and oxygen atoms in total. The van der Waals surface area contributed by atoms with Gasteiger partial charge in [0.2, 0.25) is 0 Å². The Morgan fingerprint density at radius 2 is 2.44 bits per heavy atom. The predicted molar refractivity (Wildman–Crippen MR) is 32.7 cm³/mol. The molecule has 3 heteroatoms. The van der Waals surface area contributed by atoms with E-state index in [1.54, 1.807) is 0 Å². The summed E-state index contributed by atoms with van der Waals surface area (Å²) < 4.78 is 0. The number of carbonyl (C=O) groups is 1. The molecule has 0 aliphatic heterocycles. The van der Waals surface area contributed by atoms with E-state index >= 15 is 0 Å². The summed E-state index contributed by atoms with van der Waals surface area (Å²) in [5, 5.41) is 15.6. The molecule has 0 aromatic carbocycles. The second-order valence-corrected chi connectivity index (χ2v) is 2.31. The number of nitrogens with one attached hydrogen (secondary N) is 1. The minimum Gasteiger partial charge on any atom is -0.481 e. The molecule has 0 spiro atoms. The smallest absolute Gasteiger partial charge is 0.312 e. The van der Waals surface area contributed by atoms with E-state index in [0.717, 1.165) is 6.42 Å². The minimum absolute atomic E-state index is 0.391. The van der Waals surface area contributed by atoms with E-state index < -0.39 is 11.9 Å². The summed E-state index contributed by atoms with van der Waals surface area (Å²) in [7, 11) is 0. The van der Waals surface area contributed by atoms with Gasteiger partial charge in [0.05, 0.1) is 5.92 Å². The fourth-order valence-corrected chi connectivity index (χ4v) is 1.12. The number of hydrogen-bond donors (Lipinski definition) is 2. The van der Waals surface area contributed by atoms with Crippen LogP contribution in [0, 0.1) is 11.3 Å². The molecule has 0 heterocycles. The third-order valence-electron chi connectivity index (χ3n) is 1.66. The Hall–Kier alpha value is -0.860. The molecule has 0 aromatic rings. The normalized spacial score (nSPS) is 26.7. The van der Waals surface area contributed by atoms with Gasteiger partial charge in [0.25, 0.3) is 0 Å². The van der Waals surface area contributed by atoms with E-state index in [1.807, 2.05) is 0 Å². The molecule has 1 unspecified atom stereocenters. The summed E-state index contributed by atoms with van der Waals surface area (Å²) in [6.07, 6.45) is 2.21. The van der Waals surface area contributed by atoms with Crippen LogP contribution in [0.1, 0.15) is 19.3 Å². The first kappa shape index (κ1) is 6.26. The van der Waals surface area contributed by atoms with Gasteiger partial charge in [-0.05, 0) is 19.3 Å². The molecule has 1 aliphatic rings. The Bertz CT molecular complexity index is 153. The van der Waals surface area contributed by atoms with Gasteiger partial charge in [-0.2, -0.15) is 0 Å². The second kappa shape index (κ2) is 2.17. The number of aliphatic carboxylic acids is 1. The van der Waals surface area contributed by atoms with Crippen molar-refractivity contribution in [2.75, 3.05) is 0 Å². The maximum absolute atomic E-state index is 10.3. The number of carboxylic acids is 1. The predicted octanol–water partition coefficient (Wildman–Crippen LogP) is 0.891. The lowest BCUT2D eigenvalue weighted by molar-refractivity contribution is -0.139. The molecule has 1 fully saturated rings. The van der Waals surface area contributed by atoms with Crippen LogP contribution in [0.3, 0.4) is 0 Å². The maximum atomic E-state index is 10.3. The van der Waals surface area contributed by atoms with Crippen LogP contribution in [0.4, 0.5) is 0 Å². The SMILES string of the molecule is N=C1CCCC1C(=O)O. The van der Waals surface area contributed by atoms with E-state index in [4.69, 9.17) is 10.5 Å². The lowest BCUT2D eigenvalue weighted by Gasteiger charge is -1.99. The largest absolute Gasteiger partial charge is 0.481 e. The highest BCUT2D eigenvalue weighted by molar-refractivity contribution is 6.01.